The summed E-state index contributed by atoms with van der Waals surface area (Å²) in [5, 5.41) is 2.44. The van der Waals surface area contributed by atoms with E-state index in [1.807, 2.05) is 11.8 Å². The predicted octanol–water partition coefficient (Wildman–Crippen LogP) is 3.40. The van der Waals surface area contributed by atoms with Gasteiger partial charge in [-0.25, -0.2) is 4.99 Å². The maximum atomic E-state index is 4.58. The van der Waals surface area contributed by atoms with Crippen molar-refractivity contribution in [3.05, 3.63) is 0 Å². The van der Waals surface area contributed by atoms with Crippen LogP contribution in [0.5, 0.6) is 0 Å². The van der Waals surface area contributed by atoms with E-state index in [2.05, 4.69) is 57.0 Å². The van der Waals surface area contributed by atoms with Crippen molar-refractivity contribution >= 4 is 29.1 Å². The molecule has 0 aromatic carbocycles. The molecule has 1 nitrogen and oxygen atoms in total. The van der Waals surface area contributed by atoms with Gasteiger partial charge < -0.3 is 0 Å². The molecule has 0 N–H and O–H groups in total. The highest BCUT2D eigenvalue weighted by Gasteiger charge is 2.20. The van der Waals surface area contributed by atoms with Gasteiger partial charge in [0.1, 0.15) is 0 Å². The molecule has 0 aliphatic carbocycles. The summed E-state index contributed by atoms with van der Waals surface area (Å²) in [7, 11) is 0. The van der Waals surface area contributed by atoms with Gasteiger partial charge in [0.25, 0.3) is 0 Å². The molecule has 0 aromatic rings. The first-order chi connectivity index (χ1) is 5.27. The van der Waals surface area contributed by atoms with Crippen LogP contribution in [0.1, 0.15) is 34.6 Å². The highest BCUT2D eigenvalue weighted by Crippen LogP contribution is 2.28. The topological polar surface area (TPSA) is 12.4 Å². The summed E-state index contributed by atoms with van der Waals surface area (Å²) in [5.74, 6) is 0.986. The van der Waals surface area contributed by atoms with Crippen molar-refractivity contribution in [2.24, 2.45) is 4.99 Å². The van der Waals surface area contributed by atoms with Gasteiger partial charge in [0.15, 0.2) is 0 Å². The lowest BCUT2D eigenvalue weighted by Crippen LogP contribution is -2.23. The Balaban J connectivity index is 4.00. The fourth-order valence-corrected chi connectivity index (χ4v) is 1.65. The molecule has 0 atom stereocenters. The maximum Gasteiger partial charge on any atom is 0.0745 e. The van der Waals surface area contributed by atoms with E-state index in [0.29, 0.717) is 4.75 Å². The molecule has 0 aromatic heterocycles. The van der Waals surface area contributed by atoms with Crippen LogP contribution in [0.15, 0.2) is 4.99 Å². The summed E-state index contributed by atoms with van der Waals surface area (Å²) in [6, 6.07) is 0. The minimum Gasteiger partial charge on any atom is -0.225 e. The SMILES string of the molecule is CC(C)(CSC(C)(C)C)N=C=S. The van der Waals surface area contributed by atoms with Crippen molar-refractivity contribution < 1.29 is 0 Å². The van der Waals surface area contributed by atoms with E-state index in [-0.39, 0.29) is 5.54 Å². The van der Waals surface area contributed by atoms with Crippen molar-refractivity contribution in [1.82, 2.24) is 0 Å². The van der Waals surface area contributed by atoms with Crippen LogP contribution in [-0.2, 0) is 0 Å². The lowest BCUT2D eigenvalue weighted by molar-refractivity contribution is 0.595. The third kappa shape index (κ3) is 6.84. The van der Waals surface area contributed by atoms with Crippen LogP contribution in [0.4, 0.5) is 0 Å². The third-order valence-electron chi connectivity index (χ3n) is 1.21. The van der Waals surface area contributed by atoms with E-state index in [0.717, 1.165) is 5.75 Å². The van der Waals surface area contributed by atoms with E-state index >= 15 is 0 Å². The fraction of sp³-hybridized carbons (Fsp3) is 0.889. The molecule has 0 fully saturated rings. The summed E-state index contributed by atoms with van der Waals surface area (Å²) in [4.78, 5) is 4.10. The first kappa shape index (κ1) is 12.2. The number of thiocarbonyl (C=S) groups is 1. The average Bonchev–Trinajstić information content (AvgIpc) is 1.83. The summed E-state index contributed by atoms with van der Waals surface area (Å²) in [6.45, 7) is 10.8. The molecule has 12 heavy (non-hydrogen) atoms. The van der Waals surface area contributed by atoms with E-state index in [1.54, 1.807) is 0 Å². The lowest BCUT2D eigenvalue weighted by Gasteiger charge is -2.24. The first-order valence-corrected chi connectivity index (χ1v) is 5.39. The largest absolute Gasteiger partial charge is 0.225 e. The average molecular weight is 203 g/mol. The van der Waals surface area contributed by atoms with Crippen LogP contribution in [0, 0.1) is 0 Å². The Kier molecular flexibility index (Phi) is 4.46. The second-order valence-electron chi connectivity index (χ2n) is 4.42. The van der Waals surface area contributed by atoms with E-state index in [1.165, 1.54) is 0 Å². The Bertz CT molecular complexity index is 185. The van der Waals surface area contributed by atoms with Crippen LogP contribution >= 0.6 is 24.0 Å². The number of isothiocyanates is 1. The zero-order valence-electron chi connectivity index (χ0n) is 8.47. The van der Waals surface area contributed by atoms with E-state index in [4.69, 9.17) is 0 Å². The predicted molar refractivity (Wildman–Crippen MR) is 61.3 cm³/mol. The maximum absolute atomic E-state index is 4.58. The van der Waals surface area contributed by atoms with E-state index < -0.39 is 0 Å². The molecule has 0 bridgehead atoms. The standard InChI is InChI=1S/C9H17NS2/c1-8(2,3)12-6-9(4,5)10-7-11/h6H2,1-5H3. The number of aliphatic imine (C=N–C) groups is 1. The van der Waals surface area contributed by atoms with Gasteiger partial charge in [-0.3, -0.25) is 0 Å². The number of rotatable bonds is 3. The Labute approximate surface area is 85.0 Å². The Morgan fingerprint density at radius 1 is 1.25 bits per heavy atom. The molecule has 0 saturated heterocycles. The molecule has 70 valence electrons. The summed E-state index contributed by atoms with van der Waals surface area (Å²) in [6.07, 6.45) is 0. The highest BCUT2D eigenvalue weighted by atomic mass is 32.2. The molecule has 0 spiro atoms. The van der Waals surface area contributed by atoms with Gasteiger partial charge >= 0.3 is 0 Å². The van der Waals surface area contributed by atoms with Crippen molar-refractivity contribution in [1.29, 1.82) is 0 Å². The lowest BCUT2D eigenvalue weighted by atomic mass is 10.1. The molecule has 0 unspecified atom stereocenters. The van der Waals surface area contributed by atoms with Crippen molar-refractivity contribution in [3.63, 3.8) is 0 Å². The minimum absolute atomic E-state index is 0.0697. The zero-order valence-corrected chi connectivity index (χ0v) is 10.1. The fourth-order valence-electron chi connectivity index (χ4n) is 0.549. The van der Waals surface area contributed by atoms with E-state index in [9.17, 15) is 0 Å². The molecule has 0 radical (unpaired) electrons. The monoisotopic (exact) mass is 203 g/mol. The molecular weight excluding hydrogens is 186 g/mol. The third-order valence-corrected chi connectivity index (χ3v) is 3.01. The smallest absolute Gasteiger partial charge is 0.0745 e. The summed E-state index contributed by atoms with van der Waals surface area (Å²) < 4.78 is 0.300. The summed E-state index contributed by atoms with van der Waals surface area (Å²) in [5.41, 5.74) is -0.0697. The van der Waals surface area contributed by atoms with Gasteiger partial charge in [-0.2, -0.15) is 11.8 Å². The zero-order chi connectivity index (χ0) is 9.83. The quantitative estimate of drug-likeness (QED) is 0.515. The number of hydrogen-bond donors (Lipinski definition) is 0. The van der Waals surface area contributed by atoms with Crippen molar-refractivity contribution in [2.45, 2.75) is 44.9 Å². The van der Waals surface area contributed by atoms with Gasteiger partial charge in [-0.1, -0.05) is 20.8 Å². The molecule has 0 aliphatic rings. The Morgan fingerprint density at radius 3 is 2.08 bits per heavy atom. The molecule has 0 rings (SSSR count). The van der Waals surface area contributed by atoms with Crippen LogP contribution < -0.4 is 0 Å². The van der Waals surface area contributed by atoms with Gasteiger partial charge in [-0.15, -0.1) is 0 Å². The minimum atomic E-state index is -0.0697. The van der Waals surface area contributed by atoms with Crippen LogP contribution in [0.2, 0.25) is 0 Å². The van der Waals surface area contributed by atoms with Crippen molar-refractivity contribution in [2.75, 3.05) is 5.75 Å². The van der Waals surface area contributed by atoms with Gasteiger partial charge in [0.05, 0.1) is 10.7 Å². The number of hydrogen-bond acceptors (Lipinski definition) is 3. The van der Waals surface area contributed by atoms with Crippen molar-refractivity contribution in [3.8, 4) is 0 Å². The van der Waals surface area contributed by atoms with Gasteiger partial charge in [0, 0.05) is 10.5 Å². The molecular formula is C9H17NS2. The molecule has 3 heteroatoms. The highest BCUT2D eigenvalue weighted by molar-refractivity contribution is 8.00. The second-order valence-corrected chi connectivity index (χ2v) is 6.40. The molecule has 0 aliphatic heterocycles. The van der Waals surface area contributed by atoms with Crippen LogP contribution in [0.3, 0.4) is 0 Å². The molecule has 0 amide bonds. The molecule has 0 heterocycles. The van der Waals surface area contributed by atoms with Gasteiger partial charge in [0.2, 0.25) is 0 Å². The Hall–Kier alpha value is 0.150. The second kappa shape index (κ2) is 4.40. The number of thioether (sulfide) groups is 1. The summed E-state index contributed by atoms with van der Waals surface area (Å²) >= 11 is 6.48. The number of nitrogens with zero attached hydrogens (tertiary/aromatic N) is 1. The van der Waals surface area contributed by atoms with Crippen LogP contribution in [0.25, 0.3) is 0 Å². The van der Waals surface area contributed by atoms with Gasteiger partial charge in [-0.05, 0) is 26.1 Å². The molecule has 0 saturated carbocycles. The normalized spacial score (nSPS) is 12.4. The van der Waals surface area contributed by atoms with Crippen LogP contribution in [-0.4, -0.2) is 21.2 Å². The first-order valence-electron chi connectivity index (χ1n) is 4.00. The Morgan fingerprint density at radius 2 is 1.75 bits per heavy atom.